The minimum Gasteiger partial charge on any atom is -0.393 e. The molecule has 33 heavy (non-hydrogen) atoms. The zero-order valence-electron chi connectivity index (χ0n) is 17.6. The third kappa shape index (κ3) is 4.68. The molecule has 1 aliphatic carbocycles. The summed E-state index contributed by atoms with van der Waals surface area (Å²) in [4.78, 5) is 21.4. The van der Waals surface area contributed by atoms with Crippen LogP contribution in [0.1, 0.15) is 35.7 Å². The van der Waals surface area contributed by atoms with Crippen molar-refractivity contribution in [1.82, 2.24) is 29.1 Å². The molecule has 170 valence electrons. The SMILES string of the molecule is N/C(=C\N(N)Cc1cn2cc(C3CC3)cc(Br)c2n1)C(=O)NCc1ncn2ccc(Cl)cc12. The molecule has 11 heteroatoms. The minimum atomic E-state index is -0.444. The standard InChI is InChI=1S/C22H22BrClN8O/c23-17-5-14(13-1-2-13)8-31-9-16(29-21(17)31)10-32(26)11-18(25)22(33)27-7-19-20-6-15(24)3-4-30(20)12-28-19/h3-6,8-9,11-13H,1-2,7,10,25-26H2,(H,27,33)/b18-11-. The van der Waals surface area contributed by atoms with Crippen LogP contribution in [0, 0.1) is 0 Å². The second kappa shape index (κ2) is 8.69. The lowest BCUT2D eigenvalue weighted by atomic mass is 10.2. The van der Waals surface area contributed by atoms with Gasteiger partial charge in [-0.15, -0.1) is 0 Å². The first-order valence-corrected chi connectivity index (χ1v) is 11.6. The number of imidazole rings is 2. The number of nitrogens with two attached hydrogens (primary N) is 2. The zero-order chi connectivity index (χ0) is 23.1. The van der Waals surface area contributed by atoms with Crippen LogP contribution in [-0.4, -0.2) is 29.7 Å². The fraction of sp³-hybridized carbons (Fsp3) is 0.227. The van der Waals surface area contributed by atoms with Crippen LogP contribution in [0.2, 0.25) is 5.02 Å². The van der Waals surface area contributed by atoms with E-state index in [4.69, 9.17) is 23.2 Å². The molecule has 5 rings (SSSR count). The molecule has 1 aliphatic rings. The fourth-order valence-electron chi connectivity index (χ4n) is 3.73. The van der Waals surface area contributed by atoms with Crippen LogP contribution in [-0.2, 0) is 17.9 Å². The van der Waals surface area contributed by atoms with Crippen LogP contribution < -0.4 is 16.9 Å². The second-order valence-corrected chi connectivity index (χ2v) is 9.42. The number of fused-ring (bicyclic) bond motifs is 2. The largest absolute Gasteiger partial charge is 0.393 e. The Kier molecular flexibility index (Phi) is 5.73. The number of halogens is 2. The second-order valence-electron chi connectivity index (χ2n) is 8.13. The van der Waals surface area contributed by atoms with Crippen molar-refractivity contribution >= 4 is 44.6 Å². The lowest BCUT2D eigenvalue weighted by molar-refractivity contribution is -0.117. The van der Waals surface area contributed by atoms with Gasteiger partial charge in [0.2, 0.25) is 0 Å². The first kappa shape index (κ1) is 21.7. The number of nitrogens with one attached hydrogen (secondary N) is 1. The molecule has 4 heterocycles. The highest BCUT2D eigenvalue weighted by atomic mass is 79.9. The quantitative estimate of drug-likeness (QED) is 0.192. The molecule has 0 atom stereocenters. The molecule has 0 spiro atoms. The van der Waals surface area contributed by atoms with E-state index in [2.05, 4.69) is 43.5 Å². The number of pyridine rings is 2. The lowest BCUT2D eigenvalue weighted by Crippen LogP contribution is -2.32. The Bertz CT molecular complexity index is 1390. The van der Waals surface area contributed by atoms with E-state index in [9.17, 15) is 4.79 Å². The molecular weight excluding hydrogens is 508 g/mol. The molecule has 4 aromatic heterocycles. The third-order valence-electron chi connectivity index (χ3n) is 5.53. The van der Waals surface area contributed by atoms with E-state index in [1.54, 1.807) is 24.7 Å². The van der Waals surface area contributed by atoms with Crippen molar-refractivity contribution in [2.24, 2.45) is 11.6 Å². The third-order valence-corrected chi connectivity index (χ3v) is 6.35. The Morgan fingerprint density at radius 2 is 2.15 bits per heavy atom. The zero-order valence-corrected chi connectivity index (χ0v) is 19.9. The van der Waals surface area contributed by atoms with Crippen LogP contribution in [0.25, 0.3) is 11.2 Å². The van der Waals surface area contributed by atoms with Gasteiger partial charge in [-0.1, -0.05) is 11.6 Å². The Labute approximate surface area is 203 Å². The number of nitrogens with zero attached hydrogens (tertiary/aromatic N) is 5. The summed E-state index contributed by atoms with van der Waals surface area (Å²) in [6, 6.07) is 5.68. The van der Waals surface area contributed by atoms with Gasteiger partial charge in [-0.05, 0) is 58.5 Å². The van der Waals surface area contributed by atoms with Crippen molar-refractivity contribution < 1.29 is 4.79 Å². The van der Waals surface area contributed by atoms with E-state index in [-0.39, 0.29) is 12.2 Å². The first-order chi connectivity index (χ1) is 15.9. The Balaban J connectivity index is 1.23. The summed E-state index contributed by atoms with van der Waals surface area (Å²) in [5.74, 6) is 6.28. The predicted octanol–water partition coefficient (Wildman–Crippen LogP) is 3.07. The van der Waals surface area contributed by atoms with Crippen molar-refractivity contribution in [2.75, 3.05) is 0 Å². The van der Waals surface area contributed by atoms with Crippen LogP contribution in [0.4, 0.5) is 0 Å². The summed E-state index contributed by atoms with van der Waals surface area (Å²) in [7, 11) is 0. The highest BCUT2D eigenvalue weighted by Gasteiger charge is 2.24. The highest BCUT2D eigenvalue weighted by molar-refractivity contribution is 9.10. The van der Waals surface area contributed by atoms with Crippen LogP contribution >= 0.6 is 27.5 Å². The lowest BCUT2D eigenvalue weighted by Gasteiger charge is -2.13. The number of carbonyl (C=O) groups excluding carboxylic acids is 1. The topological polar surface area (TPSA) is 119 Å². The summed E-state index contributed by atoms with van der Waals surface area (Å²) in [5, 5.41) is 4.70. The molecule has 0 saturated heterocycles. The van der Waals surface area contributed by atoms with Crippen LogP contribution in [0.5, 0.6) is 0 Å². The van der Waals surface area contributed by atoms with Gasteiger partial charge in [0.25, 0.3) is 5.91 Å². The molecule has 9 nitrogen and oxygen atoms in total. The van der Waals surface area contributed by atoms with E-state index in [1.807, 2.05) is 15.0 Å². The molecule has 0 radical (unpaired) electrons. The fourth-order valence-corrected chi connectivity index (χ4v) is 4.45. The molecule has 5 N–H and O–H groups in total. The van der Waals surface area contributed by atoms with Crippen molar-refractivity contribution in [3.05, 3.63) is 81.5 Å². The molecule has 1 fully saturated rings. The van der Waals surface area contributed by atoms with Gasteiger partial charge < -0.3 is 24.9 Å². The highest BCUT2D eigenvalue weighted by Crippen LogP contribution is 2.41. The van der Waals surface area contributed by atoms with Crippen LogP contribution in [0.3, 0.4) is 0 Å². The Morgan fingerprint density at radius 3 is 2.94 bits per heavy atom. The maximum absolute atomic E-state index is 12.4. The van der Waals surface area contributed by atoms with E-state index >= 15 is 0 Å². The number of hydrogen-bond donors (Lipinski definition) is 3. The van der Waals surface area contributed by atoms with Gasteiger partial charge in [-0.3, -0.25) is 4.79 Å². The van der Waals surface area contributed by atoms with Gasteiger partial charge in [0, 0.05) is 29.8 Å². The first-order valence-electron chi connectivity index (χ1n) is 10.4. The summed E-state index contributed by atoms with van der Waals surface area (Å²) >= 11 is 9.67. The summed E-state index contributed by atoms with van der Waals surface area (Å²) in [6.07, 6.45) is 11.4. The number of hydrogen-bond acceptors (Lipinski definition) is 6. The van der Waals surface area contributed by atoms with Crippen molar-refractivity contribution in [1.29, 1.82) is 0 Å². The van der Waals surface area contributed by atoms with Crippen molar-refractivity contribution in [3.8, 4) is 0 Å². The molecule has 0 unspecified atom stereocenters. The minimum absolute atomic E-state index is 0.0139. The van der Waals surface area contributed by atoms with Gasteiger partial charge in [-0.25, -0.2) is 15.8 Å². The normalized spacial score (nSPS) is 14.2. The Morgan fingerprint density at radius 1 is 1.33 bits per heavy atom. The maximum Gasteiger partial charge on any atom is 0.269 e. The van der Waals surface area contributed by atoms with Gasteiger partial charge in [0.1, 0.15) is 5.70 Å². The molecule has 1 amide bonds. The Hall–Kier alpha value is -3.08. The van der Waals surface area contributed by atoms with E-state index in [1.165, 1.54) is 29.6 Å². The van der Waals surface area contributed by atoms with E-state index in [0.717, 1.165) is 21.3 Å². The summed E-state index contributed by atoms with van der Waals surface area (Å²) in [6.45, 7) is 0.504. The molecule has 0 bridgehead atoms. The molecular formula is C22H22BrClN8O. The number of carbonyl (C=O) groups is 1. The molecule has 4 aromatic rings. The monoisotopic (exact) mass is 528 g/mol. The maximum atomic E-state index is 12.4. The number of hydrazine groups is 1. The smallest absolute Gasteiger partial charge is 0.269 e. The predicted molar refractivity (Wildman–Crippen MR) is 129 cm³/mol. The number of amides is 1. The summed E-state index contributed by atoms with van der Waals surface area (Å²) < 4.78 is 4.78. The number of aromatic nitrogens is 4. The van der Waals surface area contributed by atoms with Gasteiger partial charge in [-0.2, -0.15) is 0 Å². The molecule has 1 saturated carbocycles. The molecule has 0 aromatic carbocycles. The average molecular weight is 530 g/mol. The average Bonchev–Trinajstić information content (AvgIpc) is 3.43. The van der Waals surface area contributed by atoms with Gasteiger partial charge in [0.15, 0.2) is 5.65 Å². The van der Waals surface area contributed by atoms with Crippen molar-refractivity contribution in [3.63, 3.8) is 0 Å². The molecule has 0 aliphatic heterocycles. The number of rotatable bonds is 7. The van der Waals surface area contributed by atoms with Crippen LogP contribution in [0.15, 0.2) is 59.5 Å². The van der Waals surface area contributed by atoms with E-state index < -0.39 is 5.91 Å². The van der Waals surface area contributed by atoms with Gasteiger partial charge in [0.05, 0.1) is 40.8 Å². The van der Waals surface area contributed by atoms with E-state index in [0.29, 0.717) is 23.2 Å². The van der Waals surface area contributed by atoms with Crippen molar-refractivity contribution in [2.45, 2.75) is 31.8 Å². The summed E-state index contributed by atoms with van der Waals surface area (Å²) in [5.41, 5.74) is 10.3. The van der Waals surface area contributed by atoms with Gasteiger partial charge >= 0.3 is 0 Å².